The van der Waals surface area contributed by atoms with Crippen molar-refractivity contribution in [3.05, 3.63) is 70.5 Å². The SMILES string of the molecule is COCCN1C(=O)C(=O)/C(=C(\O)c2ccc(OC)c(C)c2)C1c1ccc(F)cc1. The van der Waals surface area contributed by atoms with Gasteiger partial charge in [-0.15, -0.1) is 0 Å². The normalized spacial score (nSPS) is 18.3. The number of aliphatic hydroxyl groups excluding tert-OH is 1. The topological polar surface area (TPSA) is 76.1 Å². The van der Waals surface area contributed by atoms with Crippen LogP contribution in [0.15, 0.2) is 48.0 Å². The molecule has 2 aromatic rings. The maximum atomic E-state index is 13.4. The molecule has 0 aliphatic carbocycles. The van der Waals surface area contributed by atoms with Crippen molar-refractivity contribution in [1.29, 1.82) is 0 Å². The van der Waals surface area contributed by atoms with E-state index in [0.29, 0.717) is 16.9 Å². The Labute approximate surface area is 168 Å². The Balaban J connectivity index is 2.15. The zero-order chi connectivity index (χ0) is 21.1. The lowest BCUT2D eigenvalue weighted by molar-refractivity contribution is -0.140. The molecule has 29 heavy (non-hydrogen) atoms. The van der Waals surface area contributed by atoms with Crippen LogP contribution in [-0.4, -0.2) is 49.1 Å². The van der Waals surface area contributed by atoms with E-state index >= 15 is 0 Å². The summed E-state index contributed by atoms with van der Waals surface area (Å²) in [4.78, 5) is 26.8. The van der Waals surface area contributed by atoms with Gasteiger partial charge in [-0.05, 0) is 48.4 Å². The Morgan fingerprint density at radius 1 is 1.14 bits per heavy atom. The first-order valence-electron chi connectivity index (χ1n) is 9.06. The standard InChI is InChI=1S/C22H22FNO5/c1-13-12-15(6-9-17(13)29-3)20(25)18-19(14-4-7-16(23)8-5-14)24(10-11-28-2)22(27)21(18)26/h4-9,12,19,25H,10-11H2,1-3H3/b20-18-. The number of methoxy groups -OCH3 is 2. The lowest BCUT2D eigenvalue weighted by Gasteiger charge is -2.25. The monoisotopic (exact) mass is 399 g/mol. The number of carbonyl (C=O) groups excluding carboxylic acids is 2. The van der Waals surface area contributed by atoms with E-state index in [1.807, 2.05) is 6.92 Å². The third kappa shape index (κ3) is 3.86. The van der Waals surface area contributed by atoms with Crippen molar-refractivity contribution in [1.82, 2.24) is 4.90 Å². The Morgan fingerprint density at radius 2 is 1.83 bits per heavy atom. The zero-order valence-electron chi connectivity index (χ0n) is 16.4. The second-order valence-corrected chi connectivity index (χ2v) is 6.72. The van der Waals surface area contributed by atoms with Crippen molar-refractivity contribution in [3.63, 3.8) is 0 Å². The molecule has 1 aliphatic rings. The molecule has 3 rings (SSSR count). The third-order valence-electron chi connectivity index (χ3n) is 4.93. The number of rotatable bonds is 6. The molecule has 0 bridgehead atoms. The highest BCUT2D eigenvalue weighted by Crippen LogP contribution is 2.39. The van der Waals surface area contributed by atoms with Gasteiger partial charge in [-0.3, -0.25) is 9.59 Å². The molecule has 0 spiro atoms. The predicted molar refractivity (Wildman–Crippen MR) is 105 cm³/mol. The van der Waals surface area contributed by atoms with Gasteiger partial charge in [0.1, 0.15) is 17.3 Å². The summed E-state index contributed by atoms with van der Waals surface area (Å²) >= 11 is 0. The smallest absolute Gasteiger partial charge is 0.295 e. The van der Waals surface area contributed by atoms with Crippen molar-refractivity contribution in [2.24, 2.45) is 0 Å². The van der Waals surface area contributed by atoms with Gasteiger partial charge < -0.3 is 19.5 Å². The average Bonchev–Trinajstić information content (AvgIpc) is 2.96. The van der Waals surface area contributed by atoms with E-state index in [1.165, 1.54) is 43.4 Å². The van der Waals surface area contributed by atoms with Gasteiger partial charge in [-0.2, -0.15) is 0 Å². The largest absolute Gasteiger partial charge is 0.507 e. The number of benzene rings is 2. The van der Waals surface area contributed by atoms with Gasteiger partial charge >= 0.3 is 0 Å². The number of hydrogen-bond acceptors (Lipinski definition) is 5. The first kappa shape index (κ1) is 20.5. The van der Waals surface area contributed by atoms with Crippen molar-refractivity contribution < 1.29 is 28.6 Å². The molecular weight excluding hydrogens is 377 g/mol. The quantitative estimate of drug-likeness (QED) is 0.459. The van der Waals surface area contributed by atoms with Crippen LogP contribution in [0.25, 0.3) is 5.76 Å². The summed E-state index contributed by atoms with van der Waals surface area (Å²) in [6, 6.07) is 9.64. The fourth-order valence-corrected chi connectivity index (χ4v) is 3.47. The van der Waals surface area contributed by atoms with Crippen molar-refractivity contribution in [2.75, 3.05) is 27.4 Å². The van der Waals surface area contributed by atoms with Crippen LogP contribution in [-0.2, 0) is 14.3 Å². The second-order valence-electron chi connectivity index (χ2n) is 6.72. The fourth-order valence-electron chi connectivity index (χ4n) is 3.47. The Bertz CT molecular complexity index is 968. The molecule has 1 atom stereocenters. The number of hydrogen-bond donors (Lipinski definition) is 1. The Morgan fingerprint density at radius 3 is 2.41 bits per heavy atom. The van der Waals surface area contributed by atoms with E-state index in [0.717, 1.165) is 5.56 Å². The van der Waals surface area contributed by atoms with Gasteiger partial charge in [-0.25, -0.2) is 4.39 Å². The molecule has 1 saturated heterocycles. The minimum atomic E-state index is -0.840. The van der Waals surface area contributed by atoms with Crippen molar-refractivity contribution in [3.8, 4) is 5.75 Å². The summed E-state index contributed by atoms with van der Waals surface area (Å²) in [5, 5.41) is 11.0. The minimum absolute atomic E-state index is 0.0396. The van der Waals surface area contributed by atoms with E-state index in [1.54, 1.807) is 18.2 Å². The highest BCUT2D eigenvalue weighted by atomic mass is 19.1. The molecule has 1 heterocycles. The van der Waals surface area contributed by atoms with Crippen LogP contribution < -0.4 is 4.74 Å². The molecule has 1 N–H and O–H groups in total. The van der Waals surface area contributed by atoms with Crippen molar-refractivity contribution in [2.45, 2.75) is 13.0 Å². The fraction of sp³-hybridized carbons (Fsp3) is 0.273. The lowest BCUT2D eigenvalue weighted by Crippen LogP contribution is -2.32. The molecule has 1 amide bonds. The summed E-state index contributed by atoms with van der Waals surface area (Å²) in [6.45, 7) is 2.18. The number of halogens is 1. The van der Waals surface area contributed by atoms with Gasteiger partial charge in [0.25, 0.3) is 11.7 Å². The molecular formula is C22H22FNO5. The van der Waals surface area contributed by atoms with Crippen LogP contribution in [0.1, 0.15) is 22.7 Å². The summed E-state index contributed by atoms with van der Waals surface area (Å²) < 4.78 is 23.7. The van der Waals surface area contributed by atoms with Gasteiger partial charge in [-0.1, -0.05) is 12.1 Å². The summed E-state index contributed by atoms with van der Waals surface area (Å²) in [5.41, 5.74) is 1.64. The van der Waals surface area contributed by atoms with Crippen LogP contribution in [0, 0.1) is 12.7 Å². The van der Waals surface area contributed by atoms with Crippen LogP contribution in [0.4, 0.5) is 4.39 Å². The summed E-state index contributed by atoms with van der Waals surface area (Å²) in [5.74, 6) is -1.61. The Hall–Kier alpha value is -3.19. The molecule has 0 aromatic heterocycles. The molecule has 152 valence electrons. The molecule has 7 heteroatoms. The van der Waals surface area contributed by atoms with Crippen molar-refractivity contribution >= 4 is 17.4 Å². The summed E-state index contributed by atoms with van der Waals surface area (Å²) in [7, 11) is 3.03. The number of carbonyl (C=O) groups is 2. The number of nitrogens with zero attached hydrogens (tertiary/aromatic N) is 1. The third-order valence-corrected chi connectivity index (χ3v) is 4.93. The number of ketones is 1. The Kier molecular flexibility index (Phi) is 5.98. The van der Waals surface area contributed by atoms with Gasteiger partial charge in [0.15, 0.2) is 0 Å². The molecule has 0 radical (unpaired) electrons. The van der Waals surface area contributed by atoms with Crippen LogP contribution in [0.5, 0.6) is 5.75 Å². The first-order chi connectivity index (χ1) is 13.9. The zero-order valence-corrected chi connectivity index (χ0v) is 16.4. The molecule has 1 unspecified atom stereocenters. The molecule has 6 nitrogen and oxygen atoms in total. The molecule has 0 saturated carbocycles. The maximum Gasteiger partial charge on any atom is 0.295 e. The molecule has 2 aromatic carbocycles. The number of Topliss-reactive ketones (excluding diaryl/α,β-unsaturated/α-hetero) is 1. The maximum absolute atomic E-state index is 13.4. The van der Waals surface area contributed by atoms with Crippen LogP contribution in [0.3, 0.4) is 0 Å². The summed E-state index contributed by atoms with van der Waals surface area (Å²) in [6.07, 6.45) is 0. The minimum Gasteiger partial charge on any atom is -0.507 e. The highest BCUT2D eigenvalue weighted by molar-refractivity contribution is 6.46. The highest BCUT2D eigenvalue weighted by Gasteiger charge is 2.45. The van der Waals surface area contributed by atoms with E-state index in [2.05, 4.69) is 0 Å². The molecule has 1 aliphatic heterocycles. The average molecular weight is 399 g/mol. The van der Waals surface area contributed by atoms with Gasteiger partial charge in [0.2, 0.25) is 0 Å². The van der Waals surface area contributed by atoms with Gasteiger partial charge in [0, 0.05) is 19.2 Å². The number of ether oxygens (including phenoxy) is 2. The first-order valence-corrected chi connectivity index (χ1v) is 9.06. The van der Waals surface area contributed by atoms with E-state index < -0.39 is 23.5 Å². The molecule has 1 fully saturated rings. The van der Waals surface area contributed by atoms with Crippen LogP contribution >= 0.6 is 0 Å². The number of likely N-dealkylation sites (tertiary alicyclic amines) is 1. The van der Waals surface area contributed by atoms with Crippen LogP contribution in [0.2, 0.25) is 0 Å². The predicted octanol–water partition coefficient (Wildman–Crippen LogP) is 3.21. The number of aryl methyl sites for hydroxylation is 1. The second kappa shape index (κ2) is 8.45. The van der Waals surface area contributed by atoms with E-state index in [-0.39, 0.29) is 24.5 Å². The lowest BCUT2D eigenvalue weighted by atomic mass is 9.95. The number of amides is 1. The number of aliphatic hydroxyl groups is 1. The van der Waals surface area contributed by atoms with E-state index in [9.17, 15) is 19.1 Å². The van der Waals surface area contributed by atoms with E-state index in [4.69, 9.17) is 9.47 Å². The van der Waals surface area contributed by atoms with Gasteiger partial charge in [0.05, 0.1) is 25.3 Å².